The van der Waals surface area contributed by atoms with Crippen LogP contribution in [0.5, 0.6) is 0 Å². The predicted molar refractivity (Wildman–Crippen MR) is 129 cm³/mol. The lowest BCUT2D eigenvalue weighted by molar-refractivity contribution is 0.0975. The lowest BCUT2D eigenvalue weighted by Crippen LogP contribution is -2.55. The number of pyridine rings is 1. The van der Waals surface area contributed by atoms with Gasteiger partial charge < -0.3 is 9.88 Å². The Hall–Kier alpha value is -3.19. The molecule has 5 rings (SSSR count). The Morgan fingerprint density at radius 3 is 2.58 bits per heavy atom. The Morgan fingerprint density at radius 1 is 1.09 bits per heavy atom. The van der Waals surface area contributed by atoms with Crippen LogP contribution >= 0.6 is 11.8 Å². The molecule has 0 spiro atoms. The van der Waals surface area contributed by atoms with E-state index in [1.165, 1.54) is 17.8 Å². The fourth-order valence-corrected chi connectivity index (χ4v) is 6.17. The molecule has 168 valence electrons. The molecule has 1 aliphatic carbocycles. The van der Waals surface area contributed by atoms with E-state index >= 15 is 4.39 Å². The van der Waals surface area contributed by atoms with Crippen LogP contribution in [-0.4, -0.2) is 21.4 Å². The minimum absolute atomic E-state index is 0.0893. The lowest BCUT2D eigenvalue weighted by Gasteiger charge is -2.52. The maximum Gasteiger partial charge on any atom is 0.257 e. The maximum absolute atomic E-state index is 15.3. The number of halogens is 1. The van der Waals surface area contributed by atoms with Gasteiger partial charge >= 0.3 is 0 Å². The van der Waals surface area contributed by atoms with E-state index in [0.29, 0.717) is 34.0 Å². The normalized spacial score (nSPS) is 23.8. The molecule has 33 heavy (non-hydrogen) atoms. The lowest BCUT2D eigenvalue weighted by atomic mass is 9.59. The van der Waals surface area contributed by atoms with Gasteiger partial charge in [0.25, 0.3) is 11.5 Å². The molecule has 0 fully saturated rings. The topological polar surface area (TPSA) is 63.5 Å². The zero-order chi connectivity index (χ0) is 23.2. The summed E-state index contributed by atoms with van der Waals surface area (Å²) in [5.74, 6) is 0.00902. The van der Waals surface area contributed by atoms with Gasteiger partial charge in [-0.05, 0) is 36.2 Å². The number of thioether (sulfide) groups is 1. The highest BCUT2D eigenvalue weighted by atomic mass is 32.2. The molecule has 0 bridgehead atoms. The highest BCUT2D eigenvalue weighted by Gasteiger charge is 2.56. The van der Waals surface area contributed by atoms with Crippen molar-refractivity contribution in [3.63, 3.8) is 0 Å². The third-order valence-electron chi connectivity index (χ3n) is 6.87. The van der Waals surface area contributed by atoms with E-state index in [1.807, 2.05) is 12.1 Å². The van der Waals surface area contributed by atoms with Crippen LogP contribution in [0.2, 0.25) is 0 Å². The predicted octanol–water partition coefficient (Wildman–Crippen LogP) is 4.06. The number of benzene rings is 2. The summed E-state index contributed by atoms with van der Waals surface area (Å²) in [6, 6.07) is 17.5. The molecule has 1 amide bonds. The Bertz CT molecular complexity index is 1340. The quantitative estimate of drug-likeness (QED) is 0.626. The Balaban J connectivity index is 1.66. The van der Waals surface area contributed by atoms with Crippen molar-refractivity contribution in [2.75, 3.05) is 5.75 Å². The number of nitrogens with zero attached hydrogens (tertiary/aromatic N) is 2. The fraction of sp³-hybridized carbons (Fsp3) is 0.269. The summed E-state index contributed by atoms with van der Waals surface area (Å²) in [5, 5.41) is 3.36. The van der Waals surface area contributed by atoms with Gasteiger partial charge in [-0.25, -0.2) is 9.38 Å². The summed E-state index contributed by atoms with van der Waals surface area (Å²) in [7, 11) is 1.72. The van der Waals surface area contributed by atoms with Gasteiger partial charge in [-0.2, -0.15) is 0 Å². The molecule has 2 atom stereocenters. The standard InChI is InChI=1S/C26H24FN3O2S/c1-25-14-18-12-13-30(2)23(32)19(18)15-26(25,20-10-6-7-11-21(20)27)29-24(33-16-25)28-22(31)17-8-4-3-5-9-17/h3-13H,14-16H2,1-2H3,(H,28,29,31)/t25-,26+/m0/s1. The number of fused-ring (bicyclic) bond motifs is 2. The van der Waals surface area contributed by atoms with Gasteiger partial charge in [0.2, 0.25) is 0 Å². The van der Waals surface area contributed by atoms with Crippen molar-refractivity contribution in [2.24, 2.45) is 17.5 Å². The molecule has 1 aromatic heterocycles. The Kier molecular flexibility index (Phi) is 5.24. The number of aliphatic imine (C=N–C) groups is 1. The second-order valence-electron chi connectivity index (χ2n) is 9.02. The molecule has 2 aromatic carbocycles. The van der Waals surface area contributed by atoms with Crippen LogP contribution in [0.1, 0.15) is 34.0 Å². The number of amidine groups is 1. The van der Waals surface area contributed by atoms with E-state index in [-0.39, 0.29) is 23.7 Å². The number of carbonyl (C=O) groups is 1. The summed E-state index contributed by atoms with van der Waals surface area (Å²) in [4.78, 5) is 30.9. The van der Waals surface area contributed by atoms with Crippen molar-refractivity contribution < 1.29 is 9.18 Å². The van der Waals surface area contributed by atoms with Crippen molar-refractivity contribution in [3.05, 3.63) is 105 Å². The second kappa shape index (κ2) is 7.99. The van der Waals surface area contributed by atoms with E-state index < -0.39 is 11.0 Å². The number of aryl methyl sites for hydroxylation is 1. The molecule has 0 saturated carbocycles. The molecular weight excluding hydrogens is 437 g/mol. The zero-order valence-corrected chi connectivity index (χ0v) is 19.3. The minimum Gasteiger partial charge on any atom is -0.318 e. The maximum atomic E-state index is 15.3. The smallest absolute Gasteiger partial charge is 0.257 e. The zero-order valence-electron chi connectivity index (χ0n) is 18.5. The highest BCUT2D eigenvalue weighted by Crippen LogP contribution is 2.55. The first kappa shape index (κ1) is 21.6. The van der Waals surface area contributed by atoms with Gasteiger partial charge in [0.15, 0.2) is 5.17 Å². The Labute approximate surface area is 195 Å². The van der Waals surface area contributed by atoms with E-state index in [9.17, 15) is 9.59 Å². The van der Waals surface area contributed by atoms with Crippen LogP contribution in [0.25, 0.3) is 0 Å². The first-order valence-electron chi connectivity index (χ1n) is 10.8. The summed E-state index contributed by atoms with van der Waals surface area (Å²) in [6.45, 7) is 2.10. The van der Waals surface area contributed by atoms with E-state index in [4.69, 9.17) is 4.99 Å². The van der Waals surface area contributed by atoms with Crippen LogP contribution in [0.3, 0.4) is 0 Å². The number of amides is 1. The van der Waals surface area contributed by atoms with Gasteiger partial charge in [-0.15, -0.1) is 0 Å². The SMILES string of the molecule is Cn1ccc2c(c1=O)C[C@]1(c3ccccc3F)N=C(NC(=O)c3ccccc3)SC[C@]1(C)C2. The third kappa shape index (κ3) is 3.51. The van der Waals surface area contributed by atoms with Crippen molar-refractivity contribution in [3.8, 4) is 0 Å². The summed E-state index contributed by atoms with van der Waals surface area (Å²) in [6.07, 6.45) is 2.66. The number of hydrogen-bond acceptors (Lipinski definition) is 4. The monoisotopic (exact) mass is 461 g/mol. The van der Waals surface area contributed by atoms with E-state index in [2.05, 4.69) is 12.2 Å². The minimum atomic E-state index is -1.01. The Morgan fingerprint density at radius 2 is 1.82 bits per heavy atom. The largest absolute Gasteiger partial charge is 0.318 e. The van der Waals surface area contributed by atoms with Crippen molar-refractivity contribution in [2.45, 2.75) is 25.3 Å². The van der Waals surface area contributed by atoms with Gasteiger partial charge in [-0.3, -0.25) is 9.59 Å². The van der Waals surface area contributed by atoms with E-state index in [1.54, 1.807) is 60.3 Å². The van der Waals surface area contributed by atoms with E-state index in [0.717, 1.165) is 5.56 Å². The summed E-state index contributed by atoms with van der Waals surface area (Å²) < 4.78 is 16.8. The average molecular weight is 462 g/mol. The van der Waals surface area contributed by atoms with Crippen LogP contribution in [-0.2, 0) is 25.4 Å². The molecule has 0 radical (unpaired) electrons. The second-order valence-corrected chi connectivity index (χ2v) is 9.98. The third-order valence-corrected chi connectivity index (χ3v) is 8.12. The van der Waals surface area contributed by atoms with Crippen molar-refractivity contribution in [1.29, 1.82) is 0 Å². The highest BCUT2D eigenvalue weighted by molar-refractivity contribution is 8.14. The molecule has 7 heteroatoms. The van der Waals surface area contributed by atoms with Crippen molar-refractivity contribution in [1.82, 2.24) is 9.88 Å². The fourth-order valence-electron chi connectivity index (χ4n) is 4.99. The number of aromatic nitrogens is 1. The summed E-state index contributed by atoms with van der Waals surface area (Å²) in [5.41, 5.74) is 1.08. The van der Waals surface area contributed by atoms with Crippen LogP contribution < -0.4 is 10.9 Å². The number of hydrogen-bond donors (Lipinski definition) is 1. The molecule has 0 saturated heterocycles. The molecule has 5 nitrogen and oxygen atoms in total. The van der Waals surface area contributed by atoms with Gasteiger partial charge in [0.1, 0.15) is 11.4 Å². The van der Waals surface area contributed by atoms with Crippen LogP contribution in [0, 0.1) is 11.2 Å². The number of carbonyl (C=O) groups excluding carboxylic acids is 1. The molecule has 3 aromatic rings. The van der Waals surface area contributed by atoms with Crippen LogP contribution in [0.4, 0.5) is 4.39 Å². The first-order chi connectivity index (χ1) is 15.8. The van der Waals surface area contributed by atoms with Gasteiger partial charge in [0, 0.05) is 47.5 Å². The van der Waals surface area contributed by atoms with Crippen LogP contribution in [0.15, 0.2) is 76.6 Å². The van der Waals surface area contributed by atoms with Crippen molar-refractivity contribution >= 4 is 22.8 Å². The first-order valence-corrected chi connectivity index (χ1v) is 11.8. The molecule has 1 aliphatic heterocycles. The molecule has 2 heterocycles. The molecular formula is C26H24FN3O2S. The number of rotatable bonds is 2. The molecule has 1 N–H and O–H groups in total. The number of nitrogens with one attached hydrogen (secondary N) is 1. The van der Waals surface area contributed by atoms with Gasteiger partial charge in [0.05, 0.1) is 0 Å². The molecule has 2 aliphatic rings. The average Bonchev–Trinajstić information content (AvgIpc) is 2.82. The summed E-state index contributed by atoms with van der Waals surface area (Å²) >= 11 is 1.46. The van der Waals surface area contributed by atoms with Gasteiger partial charge in [-0.1, -0.05) is 55.1 Å². The molecule has 0 unspecified atom stereocenters.